The van der Waals surface area contributed by atoms with Gasteiger partial charge in [-0.05, 0) is 13.3 Å². The minimum atomic E-state index is -4.50. The largest absolute Gasteiger partial charge is 0.416 e. The van der Waals surface area contributed by atoms with Gasteiger partial charge >= 0.3 is 6.18 Å². The van der Waals surface area contributed by atoms with Gasteiger partial charge in [-0.15, -0.1) is 12.4 Å². The van der Waals surface area contributed by atoms with E-state index in [0.717, 1.165) is 6.92 Å². The van der Waals surface area contributed by atoms with Crippen molar-refractivity contribution in [2.75, 3.05) is 0 Å². The molecule has 0 rings (SSSR count). The van der Waals surface area contributed by atoms with E-state index < -0.39 is 11.8 Å². The van der Waals surface area contributed by atoms with E-state index in [9.17, 15) is 13.2 Å². The number of hydrogen-bond acceptors (Lipinski definition) is 1. The number of halogens is 4. The van der Waals surface area contributed by atoms with E-state index in [2.05, 4.69) is 0 Å². The van der Waals surface area contributed by atoms with Crippen LogP contribution < -0.4 is 0 Å². The molecule has 0 aliphatic heterocycles. The van der Waals surface area contributed by atoms with E-state index in [0.29, 0.717) is 0 Å². The third-order valence-electron chi connectivity index (χ3n) is 1.30. The summed E-state index contributed by atoms with van der Waals surface area (Å²) in [5.41, 5.74) is -2.52. The first kappa shape index (κ1) is 12.7. The maximum atomic E-state index is 11.6. The van der Waals surface area contributed by atoms with Crippen molar-refractivity contribution in [2.45, 2.75) is 32.0 Å². The van der Waals surface area contributed by atoms with Crippen molar-refractivity contribution in [3.8, 4) is 0 Å². The first-order valence-electron chi connectivity index (χ1n) is 2.60. The van der Waals surface area contributed by atoms with Crippen LogP contribution in [0.15, 0.2) is 0 Å². The minimum Gasteiger partial charge on any atom is -0.381 e. The Bertz CT molecular complexity index is 99.6. The molecule has 1 atom stereocenters. The molecule has 0 bridgehead atoms. The van der Waals surface area contributed by atoms with Gasteiger partial charge in [-0.25, -0.2) is 0 Å². The first-order valence-corrected chi connectivity index (χ1v) is 2.60. The maximum Gasteiger partial charge on any atom is 0.416 e. The van der Waals surface area contributed by atoms with Crippen LogP contribution in [0.4, 0.5) is 13.2 Å². The molecule has 1 unspecified atom stereocenters. The Kier molecular flexibility index (Phi) is 4.36. The Labute approximate surface area is 63.6 Å². The molecule has 0 aliphatic carbocycles. The Morgan fingerprint density at radius 2 is 1.60 bits per heavy atom. The van der Waals surface area contributed by atoms with Crippen LogP contribution in [-0.2, 0) is 0 Å². The molecule has 0 aromatic carbocycles. The average Bonchev–Trinajstić information content (AvgIpc) is 1.64. The Hall–Kier alpha value is 0.0400. The van der Waals surface area contributed by atoms with E-state index in [4.69, 9.17) is 5.11 Å². The summed E-state index contributed by atoms with van der Waals surface area (Å²) in [6.07, 6.45) is -4.81. The lowest BCUT2D eigenvalue weighted by molar-refractivity contribution is -0.253. The van der Waals surface area contributed by atoms with Crippen LogP contribution in [0.1, 0.15) is 20.3 Å². The monoisotopic (exact) mass is 178 g/mol. The Morgan fingerprint density at radius 3 is 1.60 bits per heavy atom. The summed E-state index contributed by atoms with van der Waals surface area (Å²) in [7, 11) is 0. The second-order valence-corrected chi connectivity index (χ2v) is 2.13. The molecule has 10 heavy (non-hydrogen) atoms. The van der Waals surface area contributed by atoms with E-state index in [-0.39, 0.29) is 18.8 Å². The van der Waals surface area contributed by atoms with Gasteiger partial charge in [0.1, 0.15) is 0 Å². The number of aliphatic hydroxyl groups is 1. The predicted octanol–water partition coefficient (Wildman–Crippen LogP) is 2.13. The lowest BCUT2D eigenvalue weighted by atomic mass is 10.0. The van der Waals surface area contributed by atoms with Gasteiger partial charge < -0.3 is 5.11 Å². The van der Waals surface area contributed by atoms with E-state index >= 15 is 0 Å². The molecular weight excluding hydrogens is 169 g/mol. The highest BCUT2D eigenvalue weighted by atomic mass is 35.5. The van der Waals surface area contributed by atoms with E-state index in [1.165, 1.54) is 6.92 Å². The van der Waals surface area contributed by atoms with Gasteiger partial charge in [-0.2, -0.15) is 13.2 Å². The molecular formula is C5H10ClF3O. The van der Waals surface area contributed by atoms with Crippen molar-refractivity contribution in [2.24, 2.45) is 0 Å². The SMILES string of the molecule is CCC(C)(O)C(F)(F)F.Cl. The summed E-state index contributed by atoms with van der Waals surface area (Å²) >= 11 is 0. The fourth-order valence-electron chi connectivity index (χ4n) is 0.200. The van der Waals surface area contributed by atoms with Gasteiger partial charge in [-0.1, -0.05) is 6.92 Å². The highest BCUT2D eigenvalue weighted by molar-refractivity contribution is 5.85. The summed E-state index contributed by atoms with van der Waals surface area (Å²) in [4.78, 5) is 0. The van der Waals surface area contributed by atoms with Crippen molar-refractivity contribution in [1.29, 1.82) is 0 Å². The van der Waals surface area contributed by atoms with Gasteiger partial charge in [0.15, 0.2) is 5.60 Å². The van der Waals surface area contributed by atoms with Crippen LogP contribution in [0.5, 0.6) is 0 Å². The second-order valence-electron chi connectivity index (χ2n) is 2.13. The zero-order valence-electron chi connectivity index (χ0n) is 5.70. The number of alkyl halides is 3. The van der Waals surface area contributed by atoms with Crippen molar-refractivity contribution in [1.82, 2.24) is 0 Å². The topological polar surface area (TPSA) is 20.2 Å². The molecule has 0 fully saturated rings. The molecule has 0 heterocycles. The third kappa shape index (κ3) is 2.75. The van der Waals surface area contributed by atoms with Crippen LogP contribution in [-0.4, -0.2) is 16.9 Å². The van der Waals surface area contributed by atoms with Gasteiger partial charge in [0, 0.05) is 0 Å². The van der Waals surface area contributed by atoms with E-state index in [1.54, 1.807) is 0 Å². The molecule has 1 nitrogen and oxygen atoms in total. The summed E-state index contributed by atoms with van der Waals surface area (Å²) in [5.74, 6) is 0. The second kappa shape index (κ2) is 3.44. The lowest BCUT2D eigenvalue weighted by Gasteiger charge is -2.23. The molecule has 0 aromatic heterocycles. The van der Waals surface area contributed by atoms with Crippen LogP contribution >= 0.6 is 12.4 Å². The molecule has 0 spiro atoms. The molecule has 0 radical (unpaired) electrons. The molecule has 0 aliphatic rings. The van der Waals surface area contributed by atoms with Gasteiger partial charge in [0.05, 0.1) is 0 Å². The lowest BCUT2D eigenvalue weighted by Crippen LogP contribution is -2.41. The van der Waals surface area contributed by atoms with Crippen LogP contribution in [0.2, 0.25) is 0 Å². The number of hydrogen-bond donors (Lipinski definition) is 1. The van der Waals surface area contributed by atoms with Gasteiger partial charge in [-0.3, -0.25) is 0 Å². The van der Waals surface area contributed by atoms with Gasteiger partial charge in [0.2, 0.25) is 0 Å². The van der Waals surface area contributed by atoms with Crippen LogP contribution in [0.25, 0.3) is 0 Å². The number of rotatable bonds is 1. The molecule has 0 amide bonds. The Morgan fingerprint density at radius 1 is 1.30 bits per heavy atom. The van der Waals surface area contributed by atoms with E-state index in [1.807, 2.05) is 0 Å². The highest BCUT2D eigenvalue weighted by Gasteiger charge is 2.48. The summed E-state index contributed by atoms with van der Waals surface area (Å²) < 4.78 is 34.8. The highest BCUT2D eigenvalue weighted by Crippen LogP contribution is 2.31. The Balaban J connectivity index is 0. The zero-order valence-corrected chi connectivity index (χ0v) is 6.51. The fraction of sp³-hybridized carbons (Fsp3) is 1.00. The van der Waals surface area contributed by atoms with Crippen molar-refractivity contribution < 1.29 is 18.3 Å². The summed E-state index contributed by atoms with van der Waals surface area (Å²) in [6.45, 7) is 2.04. The molecule has 5 heteroatoms. The predicted molar refractivity (Wildman–Crippen MR) is 34.2 cm³/mol. The summed E-state index contributed by atoms with van der Waals surface area (Å²) in [5, 5.41) is 8.53. The average molecular weight is 179 g/mol. The zero-order chi connectivity index (χ0) is 7.71. The smallest absolute Gasteiger partial charge is 0.381 e. The normalized spacial score (nSPS) is 17.4. The molecule has 0 saturated carbocycles. The first-order chi connectivity index (χ1) is 3.81. The van der Waals surface area contributed by atoms with Crippen molar-refractivity contribution in [3.63, 3.8) is 0 Å². The molecule has 1 N–H and O–H groups in total. The fourth-order valence-corrected chi connectivity index (χ4v) is 0.200. The summed E-state index contributed by atoms with van der Waals surface area (Å²) in [6, 6.07) is 0. The minimum absolute atomic E-state index is 0. The molecule has 64 valence electrons. The van der Waals surface area contributed by atoms with Crippen molar-refractivity contribution >= 4 is 12.4 Å². The standard InChI is InChI=1S/C5H9F3O.ClH/c1-3-4(2,9)5(6,7)8;/h9H,3H2,1-2H3;1H. The van der Waals surface area contributed by atoms with Crippen molar-refractivity contribution in [3.05, 3.63) is 0 Å². The maximum absolute atomic E-state index is 11.6. The third-order valence-corrected chi connectivity index (χ3v) is 1.30. The molecule has 0 saturated heterocycles. The molecule has 0 aromatic rings. The van der Waals surface area contributed by atoms with Crippen LogP contribution in [0, 0.1) is 0 Å². The van der Waals surface area contributed by atoms with Gasteiger partial charge in [0.25, 0.3) is 0 Å². The quantitative estimate of drug-likeness (QED) is 0.652. The van der Waals surface area contributed by atoms with Crippen LogP contribution in [0.3, 0.4) is 0 Å².